The van der Waals surface area contributed by atoms with Crippen LogP contribution in [0.3, 0.4) is 0 Å². The van der Waals surface area contributed by atoms with Gasteiger partial charge < -0.3 is 13.9 Å². The number of hydrogen-bond donors (Lipinski definition) is 0. The number of carbonyl (C=O) groups excluding carboxylic acids is 1. The molecule has 5 nitrogen and oxygen atoms in total. The van der Waals surface area contributed by atoms with Crippen molar-refractivity contribution in [1.82, 2.24) is 4.90 Å². The van der Waals surface area contributed by atoms with Gasteiger partial charge in [-0.1, -0.05) is 29.3 Å². The van der Waals surface area contributed by atoms with E-state index in [-0.39, 0.29) is 24.5 Å². The first-order valence-electron chi connectivity index (χ1n) is 9.17. The predicted molar refractivity (Wildman–Crippen MR) is 113 cm³/mol. The van der Waals surface area contributed by atoms with E-state index < -0.39 is 17.5 Å². The van der Waals surface area contributed by atoms with Crippen molar-refractivity contribution in [3.63, 3.8) is 0 Å². The van der Waals surface area contributed by atoms with Crippen LogP contribution in [0.25, 0.3) is 0 Å². The minimum absolute atomic E-state index is 0.0747. The van der Waals surface area contributed by atoms with Gasteiger partial charge >= 0.3 is 6.05 Å². The molecule has 0 atom stereocenters. The van der Waals surface area contributed by atoms with Gasteiger partial charge in [0, 0.05) is 22.2 Å². The molecule has 1 heterocycles. The third-order valence-corrected chi connectivity index (χ3v) is 5.25. The summed E-state index contributed by atoms with van der Waals surface area (Å²) in [5.74, 6) is -0.762. The van der Waals surface area contributed by atoms with Gasteiger partial charge in [0.1, 0.15) is 0 Å². The summed E-state index contributed by atoms with van der Waals surface area (Å²) in [5, 5.41) is 0.750. The van der Waals surface area contributed by atoms with Gasteiger partial charge in [-0.15, -0.1) is 0 Å². The standard InChI is InChI=1S/C22H19Cl2F2NO4/c1-29-18-8-6-15(12-20(18)30-2)22(25,26)27(21(28)19-4-3-11-31-19)10-9-14-5-7-16(23)13-17(14)24/h3-8,11-13H,9-10H2,1-2H3. The van der Waals surface area contributed by atoms with E-state index in [1.54, 1.807) is 12.1 Å². The summed E-state index contributed by atoms with van der Waals surface area (Å²) < 4.78 is 46.5. The van der Waals surface area contributed by atoms with Gasteiger partial charge in [0.15, 0.2) is 17.3 Å². The highest BCUT2D eigenvalue weighted by molar-refractivity contribution is 6.35. The fourth-order valence-corrected chi connectivity index (χ4v) is 3.54. The van der Waals surface area contributed by atoms with Gasteiger partial charge in [-0.25, -0.2) is 0 Å². The predicted octanol–water partition coefficient (Wildman–Crippen LogP) is 6.04. The van der Waals surface area contributed by atoms with Crippen LogP contribution in [-0.2, 0) is 12.5 Å². The second-order valence-electron chi connectivity index (χ2n) is 6.53. The minimum atomic E-state index is -3.68. The molecule has 9 heteroatoms. The van der Waals surface area contributed by atoms with E-state index in [0.717, 1.165) is 6.07 Å². The first-order valence-corrected chi connectivity index (χ1v) is 9.93. The highest BCUT2D eigenvalue weighted by Crippen LogP contribution is 2.38. The Morgan fingerprint density at radius 1 is 1.06 bits per heavy atom. The van der Waals surface area contributed by atoms with Crippen LogP contribution in [0.2, 0.25) is 10.0 Å². The molecule has 0 saturated carbocycles. The largest absolute Gasteiger partial charge is 0.493 e. The molecule has 0 spiro atoms. The molecule has 0 aliphatic carbocycles. The Morgan fingerprint density at radius 3 is 2.42 bits per heavy atom. The van der Waals surface area contributed by atoms with Crippen molar-refractivity contribution < 1.29 is 27.5 Å². The van der Waals surface area contributed by atoms with Gasteiger partial charge in [0.25, 0.3) is 5.91 Å². The molecule has 1 amide bonds. The van der Waals surface area contributed by atoms with Crippen LogP contribution in [0, 0.1) is 0 Å². The van der Waals surface area contributed by atoms with E-state index in [4.69, 9.17) is 37.1 Å². The molecule has 0 aliphatic heterocycles. The smallest absolute Gasteiger partial charge is 0.355 e. The summed E-state index contributed by atoms with van der Waals surface area (Å²) in [5.41, 5.74) is 0.138. The maximum Gasteiger partial charge on any atom is 0.355 e. The summed E-state index contributed by atoms with van der Waals surface area (Å²) >= 11 is 12.1. The molecule has 0 bridgehead atoms. The molecule has 1 aromatic heterocycles. The van der Waals surface area contributed by atoms with Crippen LogP contribution in [0.15, 0.2) is 59.2 Å². The lowest BCUT2D eigenvalue weighted by molar-refractivity contribution is -0.132. The Kier molecular flexibility index (Phi) is 7.08. The lowest BCUT2D eigenvalue weighted by Gasteiger charge is -2.31. The van der Waals surface area contributed by atoms with E-state index in [1.165, 1.54) is 50.8 Å². The molecule has 3 aromatic rings. The van der Waals surface area contributed by atoms with Gasteiger partial charge in [0.05, 0.1) is 20.5 Å². The maximum absolute atomic E-state index is 15.6. The van der Waals surface area contributed by atoms with Crippen LogP contribution in [-0.4, -0.2) is 31.6 Å². The lowest BCUT2D eigenvalue weighted by atomic mass is 10.1. The van der Waals surface area contributed by atoms with Crippen molar-refractivity contribution in [2.45, 2.75) is 12.5 Å². The molecule has 0 N–H and O–H groups in total. The third-order valence-electron chi connectivity index (χ3n) is 4.67. The van der Waals surface area contributed by atoms with E-state index in [0.29, 0.717) is 26.3 Å². The molecule has 2 aromatic carbocycles. The number of ether oxygens (including phenoxy) is 2. The summed E-state index contributed by atoms with van der Waals surface area (Å²) in [6.45, 7) is -0.331. The van der Waals surface area contributed by atoms with E-state index >= 15 is 8.78 Å². The number of methoxy groups -OCH3 is 2. The molecule has 0 fully saturated rings. The summed E-state index contributed by atoms with van der Waals surface area (Å²) in [6, 6.07) is 7.53. The molecule has 0 saturated heterocycles. The number of rotatable bonds is 8. The number of carbonyl (C=O) groups is 1. The molecular formula is C22H19Cl2F2NO4. The number of furan rings is 1. The third kappa shape index (κ3) is 4.94. The number of hydrogen-bond acceptors (Lipinski definition) is 4. The Hall–Kier alpha value is -2.77. The Balaban J connectivity index is 1.97. The van der Waals surface area contributed by atoms with Gasteiger partial charge in [0.2, 0.25) is 0 Å². The first-order chi connectivity index (χ1) is 14.8. The van der Waals surface area contributed by atoms with Crippen molar-refractivity contribution in [3.05, 3.63) is 81.7 Å². The highest BCUT2D eigenvalue weighted by Gasteiger charge is 2.43. The lowest BCUT2D eigenvalue weighted by Crippen LogP contribution is -2.45. The van der Waals surface area contributed by atoms with Crippen molar-refractivity contribution >= 4 is 29.1 Å². The quantitative estimate of drug-likeness (QED) is 0.377. The van der Waals surface area contributed by atoms with Crippen LogP contribution in [0.5, 0.6) is 11.5 Å². The first kappa shape index (κ1) is 22.9. The van der Waals surface area contributed by atoms with Crippen LogP contribution in [0.1, 0.15) is 21.7 Å². The number of halogens is 4. The number of amides is 1. The molecule has 0 radical (unpaired) electrons. The Bertz CT molecular complexity index is 1060. The number of benzene rings is 2. The molecule has 164 valence electrons. The summed E-state index contributed by atoms with van der Waals surface area (Å²) in [4.78, 5) is 13.3. The zero-order valence-electron chi connectivity index (χ0n) is 16.7. The van der Waals surface area contributed by atoms with Gasteiger partial charge in [-0.3, -0.25) is 9.69 Å². The number of alkyl halides is 2. The highest BCUT2D eigenvalue weighted by atomic mass is 35.5. The Labute approximate surface area is 188 Å². The molecule has 3 rings (SSSR count). The molecule has 0 unspecified atom stereocenters. The summed E-state index contributed by atoms with van der Waals surface area (Å²) in [7, 11) is 2.74. The second kappa shape index (κ2) is 9.58. The fourth-order valence-electron chi connectivity index (χ4n) is 3.04. The van der Waals surface area contributed by atoms with E-state index in [9.17, 15) is 4.79 Å². The van der Waals surface area contributed by atoms with Crippen LogP contribution < -0.4 is 9.47 Å². The topological polar surface area (TPSA) is 51.9 Å². The average Bonchev–Trinajstić information content (AvgIpc) is 3.29. The zero-order chi connectivity index (χ0) is 22.6. The van der Waals surface area contributed by atoms with Gasteiger partial charge in [-0.05, 0) is 54.4 Å². The van der Waals surface area contributed by atoms with Gasteiger partial charge in [-0.2, -0.15) is 8.78 Å². The van der Waals surface area contributed by atoms with E-state index in [2.05, 4.69) is 0 Å². The summed E-state index contributed by atoms with van der Waals surface area (Å²) in [6.07, 6.45) is 1.32. The van der Waals surface area contributed by atoms with E-state index in [1.807, 2.05) is 0 Å². The molecule has 0 aliphatic rings. The fraction of sp³-hybridized carbons (Fsp3) is 0.227. The minimum Gasteiger partial charge on any atom is -0.493 e. The zero-order valence-corrected chi connectivity index (χ0v) is 18.2. The molecule has 31 heavy (non-hydrogen) atoms. The van der Waals surface area contributed by atoms with Crippen molar-refractivity contribution in [1.29, 1.82) is 0 Å². The monoisotopic (exact) mass is 469 g/mol. The van der Waals surface area contributed by atoms with Crippen LogP contribution >= 0.6 is 23.2 Å². The normalized spacial score (nSPS) is 11.3. The van der Waals surface area contributed by atoms with Crippen molar-refractivity contribution in [2.75, 3.05) is 20.8 Å². The maximum atomic E-state index is 15.6. The van der Waals surface area contributed by atoms with Crippen molar-refractivity contribution in [2.24, 2.45) is 0 Å². The number of nitrogens with zero attached hydrogens (tertiary/aromatic N) is 1. The molecular weight excluding hydrogens is 451 g/mol. The SMILES string of the molecule is COc1ccc(C(F)(F)N(CCc2ccc(Cl)cc2Cl)C(=O)c2ccco2)cc1OC. The second-order valence-corrected chi connectivity index (χ2v) is 7.37. The Morgan fingerprint density at radius 2 is 1.81 bits per heavy atom. The average molecular weight is 470 g/mol. The van der Waals surface area contributed by atoms with Crippen molar-refractivity contribution in [3.8, 4) is 11.5 Å². The van der Waals surface area contributed by atoms with Crippen LogP contribution in [0.4, 0.5) is 8.78 Å².